The molecule has 0 bridgehead atoms. The highest BCUT2D eigenvalue weighted by molar-refractivity contribution is 9.10. The van der Waals surface area contributed by atoms with Gasteiger partial charge in [-0.15, -0.1) is 0 Å². The van der Waals surface area contributed by atoms with Crippen LogP contribution in [0.4, 0.5) is 11.6 Å². The van der Waals surface area contributed by atoms with Gasteiger partial charge in [0.2, 0.25) is 0 Å². The van der Waals surface area contributed by atoms with Gasteiger partial charge in [-0.2, -0.15) is 0 Å². The lowest BCUT2D eigenvalue weighted by Crippen LogP contribution is -2.40. The summed E-state index contributed by atoms with van der Waals surface area (Å²) in [7, 11) is 0. The summed E-state index contributed by atoms with van der Waals surface area (Å²) in [4.78, 5) is 15.9. The number of rotatable bonds is 6. The van der Waals surface area contributed by atoms with Crippen molar-refractivity contribution in [1.82, 2.24) is 19.4 Å². The van der Waals surface area contributed by atoms with E-state index in [1.54, 1.807) is 12.4 Å². The van der Waals surface area contributed by atoms with E-state index in [0.717, 1.165) is 53.3 Å². The third-order valence-electron chi connectivity index (χ3n) is 5.00. The second-order valence-corrected chi connectivity index (χ2v) is 7.60. The first-order valence-electron chi connectivity index (χ1n) is 9.30. The molecule has 1 atom stereocenters. The van der Waals surface area contributed by atoms with Crippen LogP contribution in [0.25, 0.3) is 5.65 Å². The summed E-state index contributed by atoms with van der Waals surface area (Å²) in [5, 5.41) is 12.9. The zero-order valence-electron chi connectivity index (χ0n) is 15.1. The average molecular weight is 431 g/mol. The third-order valence-corrected chi connectivity index (χ3v) is 5.59. The maximum Gasteiger partial charge on any atom is 0.181 e. The molecule has 142 valence electrons. The lowest BCUT2D eigenvalue weighted by molar-refractivity contribution is 0.262. The molecule has 1 saturated heterocycles. The summed E-state index contributed by atoms with van der Waals surface area (Å²) in [6.45, 7) is 1.78. The standard InChI is InChI=1S/C19H23BrN6O/c20-16-12-23-19-18(22-11-14-4-3-7-21-10-14)24-17(13-26(16)19)25-8-2-1-5-15(25)6-9-27/h3-4,7,10,12-13,15,27H,1-2,5-6,8-9,11H2,(H,22,24). The number of nitrogens with one attached hydrogen (secondary N) is 1. The van der Waals surface area contributed by atoms with Crippen LogP contribution in [0.5, 0.6) is 0 Å². The number of aliphatic hydroxyl groups is 1. The van der Waals surface area contributed by atoms with Crippen molar-refractivity contribution in [2.24, 2.45) is 0 Å². The number of anilines is 2. The van der Waals surface area contributed by atoms with Crippen LogP contribution in [0.15, 0.2) is 41.5 Å². The maximum absolute atomic E-state index is 9.44. The van der Waals surface area contributed by atoms with Crippen LogP contribution in [0, 0.1) is 0 Å². The van der Waals surface area contributed by atoms with Gasteiger partial charge in [0.25, 0.3) is 0 Å². The second kappa shape index (κ2) is 8.22. The van der Waals surface area contributed by atoms with Gasteiger partial charge in [-0.1, -0.05) is 6.07 Å². The van der Waals surface area contributed by atoms with Crippen molar-refractivity contribution in [1.29, 1.82) is 0 Å². The summed E-state index contributed by atoms with van der Waals surface area (Å²) in [6.07, 6.45) is 11.6. The topological polar surface area (TPSA) is 78.6 Å². The van der Waals surface area contributed by atoms with Crippen molar-refractivity contribution in [2.45, 2.75) is 38.3 Å². The van der Waals surface area contributed by atoms with Crippen molar-refractivity contribution in [3.8, 4) is 0 Å². The van der Waals surface area contributed by atoms with Gasteiger partial charge in [-0.25, -0.2) is 9.97 Å². The van der Waals surface area contributed by atoms with Crippen LogP contribution in [0.1, 0.15) is 31.2 Å². The van der Waals surface area contributed by atoms with E-state index in [1.165, 1.54) is 6.42 Å². The van der Waals surface area contributed by atoms with Gasteiger partial charge >= 0.3 is 0 Å². The predicted octanol–water partition coefficient (Wildman–Crippen LogP) is 3.24. The summed E-state index contributed by atoms with van der Waals surface area (Å²) in [6, 6.07) is 4.28. The lowest BCUT2D eigenvalue weighted by Gasteiger charge is -2.36. The summed E-state index contributed by atoms with van der Waals surface area (Å²) in [5.41, 5.74) is 1.87. The number of fused-ring (bicyclic) bond motifs is 1. The molecule has 3 aromatic rings. The SMILES string of the molecule is OCCC1CCCCN1c1cn2c(Br)cnc2c(NCc2cccnc2)n1. The van der Waals surface area contributed by atoms with Crippen molar-refractivity contribution in [3.05, 3.63) is 47.1 Å². The summed E-state index contributed by atoms with van der Waals surface area (Å²) in [5.74, 6) is 1.66. The van der Waals surface area contributed by atoms with Gasteiger partial charge in [0.05, 0.1) is 12.4 Å². The molecule has 4 heterocycles. The first-order chi connectivity index (χ1) is 13.3. The molecular formula is C19H23BrN6O. The van der Waals surface area contributed by atoms with Crippen molar-refractivity contribution >= 4 is 33.2 Å². The molecule has 4 rings (SSSR count). The highest BCUT2D eigenvalue weighted by Crippen LogP contribution is 2.29. The summed E-state index contributed by atoms with van der Waals surface area (Å²) >= 11 is 3.58. The molecule has 0 spiro atoms. The highest BCUT2D eigenvalue weighted by atomic mass is 79.9. The number of aromatic nitrogens is 4. The molecule has 0 saturated carbocycles. The number of imidazole rings is 1. The van der Waals surface area contributed by atoms with E-state index >= 15 is 0 Å². The Kier molecular flexibility index (Phi) is 5.54. The van der Waals surface area contributed by atoms with E-state index in [-0.39, 0.29) is 6.61 Å². The fraction of sp³-hybridized carbons (Fsp3) is 0.421. The van der Waals surface area contributed by atoms with Crippen LogP contribution < -0.4 is 10.2 Å². The first-order valence-corrected chi connectivity index (χ1v) is 10.1. The summed E-state index contributed by atoms with van der Waals surface area (Å²) < 4.78 is 2.90. The van der Waals surface area contributed by atoms with Gasteiger partial charge in [-0.05, 0) is 53.2 Å². The Morgan fingerprint density at radius 3 is 3.04 bits per heavy atom. The number of nitrogens with zero attached hydrogens (tertiary/aromatic N) is 5. The van der Waals surface area contributed by atoms with E-state index in [2.05, 4.69) is 36.1 Å². The lowest BCUT2D eigenvalue weighted by atomic mass is 10.00. The van der Waals surface area contributed by atoms with Crippen LogP contribution in [-0.2, 0) is 6.54 Å². The highest BCUT2D eigenvalue weighted by Gasteiger charge is 2.24. The Balaban J connectivity index is 1.68. The Morgan fingerprint density at radius 2 is 2.22 bits per heavy atom. The largest absolute Gasteiger partial charge is 0.396 e. The quantitative estimate of drug-likeness (QED) is 0.624. The normalized spacial score (nSPS) is 17.4. The molecular weight excluding hydrogens is 408 g/mol. The Hall–Kier alpha value is -2.19. The molecule has 3 aromatic heterocycles. The van der Waals surface area contributed by atoms with Crippen LogP contribution in [0.2, 0.25) is 0 Å². The maximum atomic E-state index is 9.44. The van der Waals surface area contributed by atoms with E-state index < -0.39 is 0 Å². The number of pyridine rings is 1. The molecule has 1 aliphatic heterocycles. The molecule has 7 nitrogen and oxygen atoms in total. The molecule has 27 heavy (non-hydrogen) atoms. The number of piperidine rings is 1. The number of hydrogen-bond donors (Lipinski definition) is 2. The van der Waals surface area contributed by atoms with Gasteiger partial charge in [-0.3, -0.25) is 9.38 Å². The minimum Gasteiger partial charge on any atom is -0.396 e. The molecule has 1 unspecified atom stereocenters. The van der Waals surface area contributed by atoms with Gasteiger partial charge < -0.3 is 15.3 Å². The number of hydrogen-bond acceptors (Lipinski definition) is 6. The van der Waals surface area contributed by atoms with Crippen molar-refractivity contribution < 1.29 is 5.11 Å². The Bertz CT molecular complexity index is 898. The zero-order valence-corrected chi connectivity index (χ0v) is 16.6. The minimum absolute atomic E-state index is 0.199. The predicted molar refractivity (Wildman–Crippen MR) is 109 cm³/mol. The minimum atomic E-state index is 0.199. The monoisotopic (exact) mass is 430 g/mol. The molecule has 1 fully saturated rings. The molecule has 0 amide bonds. The average Bonchev–Trinajstić information content (AvgIpc) is 3.09. The molecule has 0 aliphatic carbocycles. The zero-order chi connectivity index (χ0) is 18.6. The van der Waals surface area contributed by atoms with E-state index in [1.807, 2.05) is 28.9 Å². The van der Waals surface area contributed by atoms with E-state index in [4.69, 9.17) is 4.98 Å². The Morgan fingerprint density at radius 1 is 1.30 bits per heavy atom. The molecule has 2 N–H and O–H groups in total. The molecule has 1 aliphatic rings. The van der Waals surface area contributed by atoms with Crippen molar-refractivity contribution in [3.63, 3.8) is 0 Å². The fourth-order valence-corrected chi connectivity index (χ4v) is 4.02. The third kappa shape index (κ3) is 3.91. The first kappa shape index (κ1) is 18.2. The smallest absolute Gasteiger partial charge is 0.181 e. The van der Waals surface area contributed by atoms with Gasteiger partial charge in [0.1, 0.15) is 10.4 Å². The van der Waals surface area contributed by atoms with Crippen molar-refractivity contribution in [2.75, 3.05) is 23.4 Å². The number of aliphatic hydroxyl groups excluding tert-OH is 1. The number of halogens is 1. The van der Waals surface area contributed by atoms with E-state index in [9.17, 15) is 5.11 Å². The second-order valence-electron chi connectivity index (χ2n) is 6.79. The van der Waals surface area contributed by atoms with Gasteiger partial charge in [0.15, 0.2) is 11.5 Å². The molecule has 0 radical (unpaired) electrons. The molecule has 8 heteroatoms. The van der Waals surface area contributed by atoms with E-state index in [0.29, 0.717) is 12.6 Å². The fourth-order valence-electron chi connectivity index (χ4n) is 3.64. The van der Waals surface area contributed by atoms with Gasteiger partial charge in [0, 0.05) is 38.1 Å². The van der Waals surface area contributed by atoms with Crippen LogP contribution in [-0.4, -0.2) is 43.7 Å². The van der Waals surface area contributed by atoms with Crippen LogP contribution in [0.3, 0.4) is 0 Å². The molecule has 0 aromatic carbocycles. The van der Waals surface area contributed by atoms with Crippen LogP contribution >= 0.6 is 15.9 Å². The Labute approximate surface area is 166 Å².